The molecule has 2 aromatic rings. The number of hydrogen-bond acceptors (Lipinski definition) is 4. The van der Waals surface area contributed by atoms with Crippen LogP contribution in [0.15, 0.2) is 48.9 Å². The van der Waals surface area contributed by atoms with Gasteiger partial charge < -0.3 is 4.84 Å². The van der Waals surface area contributed by atoms with E-state index in [-0.39, 0.29) is 0 Å². The minimum atomic E-state index is 0.409. The second-order valence-electron chi connectivity index (χ2n) is 3.45. The summed E-state index contributed by atoms with van der Waals surface area (Å²) < 4.78 is 0. The summed E-state index contributed by atoms with van der Waals surface area (Å²) in [6.07, 6.45) is 8.90. The molecule has 0 aliphatic heterocycles. The Bertz CT molecular complexity index is 480. The van der Waals surface area contributed by atoms with Crippen LogP contribution in [0.25, 0.3) is 17.3 Å². The summed E-state index contributed by atoms with van der Waals surface area (Å²) >= 11 is 0. The van der Waals surface area contributed by atoms with Crippen molar-refractivity contribution in [2.75, 3.05) is 6.61 Å². The first kappa shape index (κ1) is 11.4. The normalized spacial score (nSPS) is 10.9. The Morgan fingerprint density at radius 3 is 2.65 bits per heavy atom. The predicted octanol–water partition coefficient (Wildman–Crippen LogP) is 2.05. The molecule has 1 heterocycles. The Hall–Kier alpha value is -2.04. The monoisotopic (exact) mass is 227 g/mol. The second kappa shape index (κ2) is 5.89. The summed E-state index contributed by atoms with van der Waals surface area (Å²) in [5.74, 6) is 4.93. The highest BCUT2D eigenvalue weighted by Gasteiger charge is 1.97. The zero-order valence-electron chi connectivity index (χ0n) is 9.28. The van der Waals surface area contributed by atoms with E-state index in [1.54, 1.807) is 18.6 Å². The highest BCUT2D eigenvalue weighted by Crippen LogP contribution is 2.16. The van der Waals surface area contributed by atoms with Crippen molar-refractivity contribution in [2.45, 2.75) is 0 Å². The lowest BCUT2D eigenvalue weighted by molar-refractivity contribution is 0.168. The summed E-state index contributed by atoms with van der Waals surface area (Å²) in [5.41, 5.74) is 3.01. The topological polar surface area (TPSA) is 61.0 Å². The standard InChI is InChI=1S/C13H13N3O/c14-17-9-1-2-11-3-5-12(6-4-11)13-10-15-7-8-16-13/h1-8,10H,9,14H2/b2-1+. The van der Waals surface area contributed by atoms with E-state index >= 15 is 0 Å². The molecule has 0 amide bonds. The fourth-order valence-electron chi connectivity index (χ4n) is 1.45. The largest absolute Gasteiger partial charge is 0.300 e. The summed E-state index contributed by atoms with van der Waals surface area (Å²) in [6.45, 7) is 0.409. The molecule has 86 valence electrons. The lowest BCUT2D eigenvalue weighted by Crippen LogP contribution is -1.96. The molecule has 2 rings (SSSR count). The van der Waals surface area contributed by atoms with Gasteiger partial charge in [-0.3, -0.25) is 9.97 Å². The van der Waals surface area contributed by atoms with Crippen molar-refractivity contribution in [3.63, 3.8) is 0 Å². The van der Waals surface area contributed by atoms with Crippen LogP contribution in [0.5, 0.6) is 0 Å². The van der Waals surface area contributed by atoms with E-state index in [0.717, 1.165) is 16.8 Å². The minimum Gasteiger partial charge on any atom is -0.300 e. The molecule has 17 heavy (non-hydrogen) atoms. The lowest BCUT2D eigenvalue weighted by atomic mass is 10.1. The number of nitrogens with zero attached hydrogens (tertiary/aromatic N) is 2. The van der Waals surface area contributed by atoms with Crippen LogP contribution in [-0.4, -0.2) is 16.6 Å². The smallest absolute Gasteiger partial charge is 0.0885 e. The molecule has 1 aromatic heterocycles. The maximum atomic E-state index is 4.93. The Morgan fingerprint density at radius 2 is 2.00 bits per heavy atom. The number of nitrogens with two attached hydrogens (primary N) is 1. The number of benzene rings is 1. The van der Waals surface area contributed by atoms with Crippen LogP contribution in [0, 0.1) is 0 Å². The summed E-state index contributed by atoms with van der Waals surface area (Å²) in [4.78, 5) is 12.7. The summed E-state index contributed by atoms with van der Waals surface area (Å²) in [7, 11) is 0. The zero-order chi connectivity index (χ0) is 11.9. The molecule has 4 heteroatoms. The molecule has 0 bridgehead atoms. The molecular weight excluding hydrogens is 214 g/mol. The predicted molar refractivity (Wildman–Crippen MR) is 66.6 cm³/mol. The van der Waals surface area contributed by atoms with E-state index in [1.165, 1.54) is 0 Å². The van der Waals surface area contributed by atoms with E-state index < -0.39 is 0 Å². The van der Waals surface area contributed by atoms with Gasteiger partial charge in [0.15, 0.2) is 0 Å². The Kier molecular flexibility index (Phi) is 3.96. The third kappa shape index (κ3) is 3.21. The first-order valence-electron chi connectivity index (χ1n) is 5.25. The fourth-order valence-corrected chi connectivity index (χ4v) is 1.45. The van der Waals surface area contributed by atoms with Crippen molar-refractivity contribution < 1.29 is 4.84 Å². The molecule has 0 spiro atoms. The second-order valence-corrected chi connectivity index (χ2v) is 3.45. The molecule has 0 unspecified atom stereocenters. The molecule has 0 saturated heterocycles. The van der Waals surface area contributed by atoms with E-state index in [9.17, 15) is 0 Å². The minimum absolute atomic E-state index is 0.409. The highest BCUT2D eigenvalue weighted by molar-refractivity contribution is 5.61. The van der Waals surface area contributed by atoms with Crippen molar-refractivity contribution in [1.29, 1.82) is 0 Å². The van der Waals surface area contributed by atoms with Gasteiger partial charge in [0.05, 0.1) is 18.5 Å². The summed E-state index contributed by atoms with van der Waals surface area (Å²) in [6, 6.07) is 8.04. The highest BCUT2D eigenvalue weighted by atomic mass is 16.6. The van der Waals surface area contributed by atoms with E-state index in [1.807, 2.05) is 36.4 Å². The van der Waals surface area contributed by atoms with Gasteiger partial charge in [-0.25, -0.2) is 5.90 Å². The number of rotatable bonds is 4. The average Bonchev–Trinajstić information content (AvgIpc) is 2.41. The molecule has 0 radical (unpaired) electrons. The Balaban J connectivity index is 2.13. The molecule has 2 N–H and O–H groups in total. The first-order valence-corrected chi connectivity index (χ1v) is 5.25. The maximum Gasteiger partial charge on any atom is 0.0885 e. The number of hydrogen-bond donors (Lipinski definition) is 1. The molecule has 0 atom stereocenters. The van der Waals surface area contributed by atoms with Crippen molar-refractivity contribution >= 4 is 6.08 Å². The van der Waals surface area contributed by atoms with Gasteiger partial charge in [-0.2, -0.15) is 0 Å². The zero-order valence-corrected chi connectivity index (χ0v) is 9.28. The van der Waals surface area contributed by atoms with Gasteiger partial charge in [-0.15, -0.1) is 0 Å². The van der Waals surface area contributed by atoms with Crippen LogP contribution in [-0.2, 0) is 4.84 Å². The van der Waals surface area contributed by atoms with E-state index in [2.05, 4.69) is 14.8 Å². The third-order valence-corrected chi connectivity index (χ3v) is 2.27. The lowest BCUT2D eigenvalue weighted by Gasteiger charge is -2.00. The van der Waals surface area contributed by atoms with Crippen LogP contribution < -0.4 is 5.90 Å². The fraction of sp³-hybridized carbons (Fsp3) is 0.0769. The molecule has 0 fully saturated rings. The van der Waals surface area contributed by atoms with Gasteiger partial charge in [-0.05, 0) is 5.56 Å². The SMILES string of the molecule is NOC/C=C/c1ccc(-c2cnccn2)cc1. The molecule has 4 nitrogen and oxygen atoms in total. The summed E-state index contributed by atoms with van der Waals surface area (Å²) in [5, 5.41) is 0. The van der Waals surface area contributed by atoms with Crippen LogP contribution in [0.1, 0.15) is 5.56 Å². The van der Waals surface area contributed by atoms with Crippen molar-refractivity contribution in [2.24, 2.45) is 5.90 Å². The third-order valence-electron chi connectivity index (χ3n) is 2.27. The Labute approximate surface area is 99.7 Å². The molecule has 0 aliphatic carbocycles. The van der Waals surface area contributed by atoms with Gasteiger partial charge in [0.25, 0.3) is 0 Å². The van der Waals surface area contributed by atoms with Crippen LogP contribution >= 0.6 is 0 Å². The molecule has 0 saturated carbocycles. The van der Waals surface area contributed by atoms with Crippen LogP contribution in [0.3, 0.4) is 0 Å². The quantitative estimate of drug-likeness (QED) is 0.812. The first-order chi connectivity index (χ1) is 8.40. The van der Waals surface area contributed by atoms with Gasteiger partial charge >= 0.3 is 0 Å². The molecule has 0 aliphatic rings. The molecular formula is C13H13N3O. The van der Waals surface area contributed by atoms with Gasteiger partial charge in [-0.1, -0.05) is 36.4 Å². The average molecular weight is 227 g/mol. The van der Waals surface area contributed by atoms with E-state index in [4.69, 9.17) is 5.90 Å². The number of aromatic nitrogens is 2. The maximum absolute atomic E-state index is 4.93. The van der Waals surface area contributed by atoms with Crippen molar-refractivity contribution in [3.8, 4) is 11.3 Å². The van der Waals surface area contributed by atoms with Crippen molar-refractivity contribution in [3.05, 3.63) is 54.5 Å². The molecule has 1 aromatic carbocycles. The van der Waals surface area contributed by atoms with Crippen LogP contribution in [0.4, 0.5) is 0 Å². The van der Waals surface area contributed by atoms with Gasteiger partial charge in [0, 0.05) is 18.0 Å². The van der Waals surface area contributed by atoms with Crippen LogP contribution in [0.2, 0.25) is 0 Å². The van der Waals surface area contributed by atoms with Crippen molar-refractivity contribution in [1.82, 2.24) is 9.97 Å². The Morgan fingerprint density at radius 1 is 1.18 bits per heavy atom. The van der Waals surface area contributed by atoms with Gasteiger partial charge in [0.2, 0.25) is 0 Å². The van der Waals surface area contributed by atoms with Gasteiger partial charge in [0.1, 0.15) is 0 Å². The van der Waals surface area contributed by atoms with E-state index in [0.29, 0.717) is 6.61 Å².